The van der Waals surface area contributed by atoms with Crippen molar-refractivity contribution >= 4 is 22.6 Å². The third kappa shape index (κ3) is 3.67. The zero-order valence-electron chi connectivity index (χ0n) is 15.0. The second-order valence-corrected chi connectivity index (χ2v) is 6.78. The number of fused-ring (bicyclic) bond motifs is 1. The minimum Gasteiger partial charge on any atom is -0.348 e. The van der Waals surface area contributed by atoms with Gasteiger partial charge in [0.25, 0.3) is 11.8 Å². The summed E-state index contributed by atoms with van der Waals surface area (Å²) in [4.78, 5) is 31.2. The lowest BCUT2D eigenvalue weighted by molar-refractivity contribution is 0.0699. The van der Waals surface area contributed by atoms with Gasteiger partial charge in [0.15, 0.2) is 0 Å². The fourth-order valence-corrected chi connectivity index (χ4v) is 3.57. The van der Waals surface area contributed by atoms with Crippen molar-refractivity contribution in [3.05, 3.63) is 78.1 Å². The van der Waals surface area contributed by atoms with Crippen LogP contribution in [0.15, 0.2) is 66.9 Å². The highest BCUT2D eigenvalue weighted by molar-refractivity contribution is 6.07. The number of hydrogen-bond donors (Lipinski definition) is 1. The van der Waals surface area contributed by atoms with Crippen LogP contribution in [-0.4, -0.2) is 40.8 Å². The minimum atomic E-state index is -0.158. The third-order valence-electron chi connectivity index (χ3n) is 5.03. The SMILES string of the molecule is O=C(NC1CCN(C(=O)c2cccc3ccccc23)CC1)c1ccccn1. The Morgan fingerprint density at radius 3 is 2.44 bits per heavy atom. The van der Waals surface area contributed by atoms with Crippen molar-refractivity contribution in [1.29, 1.82) is 0 Å². The number of carbonyl (C=O) groups excluding carboxylic acids is 2. The molecule has 0 radical (unpaired) electrons. The van der Waals surface area contributed by atoms with Crippen molar-refractivity contribution in [2.75, 3.05) is 13.1 Å². The van der Waals surface area contributed by atoms with E-state index in [1.807, 2.05) is 47.4 Å². The molecule has 1 fully saturated rings. The predicted octanol–water partition coefficient (Wildman–Crippen LogP) is 3.27. The van der Waals surface area contributed by atoms with Gasteiger partial charge < -0.3 is 10.2 Å². The van der Waals surface area contributed by atoms with Crippen LogP contribution in [0.1, 0.15) is 33.7 Å². The van der Waals surface area contributed by atoms with Crippen molar-refractivity contribution in [2.45, 2.75) is 18.9 Å². The number of pyridine rings is 1. The van der Waals surface area contributed by atoms with Crippen LogP contribution < -0.4 is 5.32 Å². The number of benzene rings is 2. The molecule has 4 rings (SSSR count). The molecule has 1 aromatic heterocycles. The van der Waals surface area contributed by atoms with Gasteiger partial charge in [0, 0.05) is 30.9 Å². The van der Waals surface area contributed by atoms with Crippen molar-refractivity contribution in [1.82, 2.24) is 15.2 Å². The summed E-state index contributed by atoms with van der Waals surface area (Å²) in [6.07, 6.45) is 3.10. The molecule has 1 saturated heterocycles. The molecule has 0 saturated carbocycles. The van der Waals surface area contributed by atoms with Gasteiger partial charge in [-0.3, -0.25) is 14.6 Å². The Hall–Kier alpha value is -3.21. The number of nitrogens with one attached hydrogen (secondary N) is 1. The first-order valence-electron chi connectivity index (χ1n) is 9.21. The van der Waals surface area contributed by atoms with Crippen molar-refractivity contribution in [3.8, 4) is 0 Å². The second-order valence-electron chi connectivity index (χ2n) is 6.78. The van der Waals surface area contributed by atoms with E-state index in [4.69, 9.17) is 0 Å². The van der Waals surface area contributed by atoms with Gasteiger partial charge in [-0.05, 0) is 41.8 Å². The summed E-state index contributed by atoms with van der Waals surface area (Å²) in [6.45, 7) is 1.27. The number of amides is 2. The second kappa shape index (κ2) is 7.58. The van der Waals surface area contributed by atoms with E-state index >= 15 is 0 Å². The summed E-state index contributed by atoms with van der Waals surface area (Å²) in [7, 11) is 0. The molecule has 27 heavy (non-hydrogen) atoms. The lowest BCUT2D eigenvalue weighted by Gasteiger charge is -2.32. The Bertz CT molecular complexity index is 958. The number of likely N-dealkylation sites (tertiary alicyclic amines) is 1. The van der Waals surface area contributed by atoms with Crippen LogP contribution in [-0.2, 0) is 0 Å². The lowest BCUT2D eigenvalue weighted by Crippen LogP contribution is -2.46. The van der Waals surface area contributed by atoms with Crippen molar-refractivity contribution in [3.63, 3.8) is 0 Å². The average Bonchev–Trinajstić information content (AvgIpc) is 2.74. The van der Waals surface area contributed by atoms with Crippen LogP contribution in [0.25, 0.3) is 10.8 Å². The van der Waals surface area contributed by atoms with Crippen LogP contribution in [0.2, 0.25) is 0 Å². The molecule has 2 amide bonds. The number of carbonyl (C=O) groups is 2. The number of rotatable bonds is 3. The van der Waals surface area contributed by atoms with Gasteiger partial charge in [0.2, 0.25) is 0 Å². The largest absolute Gasteiger partial charge is 0.348 e. The molecule has 5 heteroatoms. The summed E-state index contributed by atoms with van der Waals surface area (Å²) in [5.41, 5.74) is 1.16. The topological polar surface area (TPSA) is 62.3 Å². The average molecular weight is 359 g/mol. The van der Waals surface area contributed by atoms with E-state index < -0.39 is 0 Å². The van der Waals surface area contributed by atoms with Gasteiger partial charge in [-0.1, -0.05) is 42.5 Å². The van der Waals surface area contributed by atoms with Gasteiger partial charge in [-0.15, -0.1) is 0 Å². The fraction of sp³-hybridized carbons (Fsp3) is 0.227. The van der Waals surface area contributed by atoms with Crippen molar-refractivity contribution < 1.29 is 9.59 Å². The zero-order valence-corrected chi connectivity index (χ0v) is 15.0. The van der Waals surface area contributed by atoms with Gasteiger partial charge in [0.05, 0.1) is 0 Å². The molecule has 5 nitrogen and oxygen atoms in total. The molecule has 1 aliphatic rings. The third-order valence-corrected chi connectivity index (χ3v) is 5.03. The fourth-order valence-electron chi connectivity index (χ4n) is 3.57. The van der Waals surface area contributed by atoms with Crippen molar-refractivity contribution in [2.24, 2.45) is 0 Å². The summed E-state index contributed by atoms with van der Waals surface area (Å²) in [6, 6.07) is 19.1. The molecule has 0 unspecified atom stereocenters. The number of piperidine rings is 1. The Morgan fingerprint density at radius 2 is 1.67 bits per heavy atom. The number of hydrogen-bond acceptors (Lipinski definition) is 3. The molecule has 0 spiro atoms. The molecule has 3 aromatic rings. The molecule has 0 aliphatic carbocycles. The van der Waals surface area contributed by atoms with Gasteiger partial charge in [-0.2, -0.15) is 0 Å². The summed E-state index contributed by atoms with van der Waals surface area (Å²) in [5.74, 6) is -0.101. The Morgan fingerprint density at radius 1 is 0.926 bits per heavy atom. The highest BCUT2D eigenvalue weighted by Gasteiger charge is 2.25. The van der Waals surface area contributed by atoms with Crippen LogP contribution in [0, 0.1) is 0 Å². The quantitative estimate of drug-likeness (QED) is 0.781. The van der Waals surface area contributed by atoms with Gasteiger partial charge in [0.1, 0.15) is 5.69 Å². The molecule has 1 aliphatic heterocycles. The molecule has 2 heterocycles. The van der Waals surface area contributed by atoms with E-state index in [9.17, 15) is 9.59 Å². The Balaban J connectivity index is 1.40. The maximum Gasteiger partial charge on any atom is 0.270 e. The molecular formula is C22H21N3O2. The maximum absolute atomic E-state index is 13.0. The van der Waals surface area contributed by atoms with E-state index in [2.05, 4.69) is 10.3 Å². The van der Waals surface area contributed by atoms with Crippen LogP contribution in [0.3, 0.4) is 0 Å². The highest BCUT2D eigenvalue weighted by atomic mass is 16.2. The molecular weight excluding hydrogens is 338 g/mol. The number of aromatic nitrogens is 1. The summed E-state index contributed by atoms with van der Waals surface area (Å²) < 4.78 is 0. The molecule has 1 N–H and O–H groups in total. The monoisotopic (exact) mass is 359 g/mol. The van der Waals surface area contributed by atoms with Crippen LogP contribution in [0.5, 0.6) is 0 Å². The first-order valence-corrected chi connectivity index (χ1v) is 9.21. The predicted molar refractivity (Wildman–Crippen MR) is 105 cm³/mol. The van der Waals surface area contributed by atoms with Crippen LogP contribution >= 0.6 is 0 Å². The van der Waals surface area contributed by atoms with Crippen LogP contribution in [0.4, 0.5) is 0 Å². The normalized spacial score (nSPS) is 14.9. The smallest absolute Gasteiger partial charge is 0.270 e. The zero-order chi connectivity index (χ0) is 18.6. The molecule has 2 aromatic carbocycles. The lowest BCUT2D eigenvalue weighted by atomic mass is 10.0. The Labute approximate surface area is 158 Å². The van der Waals surface area contributed by atoms with E-state index in [1.165, 1.54) is 0 Å². The Kier molecular flexibility index (Phi) is 4.83. The standard InChI is InChI=1S/C22H21N3O2/c26-21(20-10-3-4-13-23-20)24-17-11-14-25(15-12-17)22(27)19-9-5-7-16-6-1-2-8-18(16)19/h1-10,13,17H,11-12,14-15H2,(H,24,26). The van der Waals surface area contributed by atoms with Gasteiger partial charge in [-0.25, -0.2) is 0 Å². The first-order chi connectivity index (χ1) is 13.2. The summed E-state index contributed by atoms with van der Waals surface area (Å²) in [5, 5.41) is 5.08. The molecule has 0 bridgehead atoms. The molecule has 136 valence electrons. The minimum absolute atomic E-state index is 0.0568. The van der Waals surface area contributed by atoms with E-state index in [1.54, 1.807) is 24.4 Å². The number of nitrogens with zero attached hydrogens (tertiary/aromatic N) is 2. The molecule has 0 atom stereocenters. The van der Waals surface area contributed by atoms with E-state index in [0.717, 1.165) is 29.2 Å². The van der Waals surface area contributed by atoms with E-state index in [-0.39, 0.29) is 17.9 Å². The highest BCUT2D eigenvalue weighted by Crippen LogP contribution is 2.22. The first kappa shape index (κ1) is 17.2. The summed E-state index contributed by atoms with van der Waals surface area (Å²) >= 11 is 0. The van der Waals surface area contributed by atoms with Gasteiger partial charge >= 0.3 is 0 Å². The van der Waals surface area contributed by atoms with E-state index in [0.29, 0.717) is 18.8 Å². The maximum atomic E-state index is 13.0.